The van der Waals surface area contributed by atoms with Crippen LogP contribution in [0.4, 0.5) is 0 Å². The van der Waals surface area contributed by atoms with Gasteiger partial charge in [0.1, 0.15) is 12.5 Å². The molecule has 6 nitrogen and oxygen atoms in total. The Hall–Kier alpha value is -0.660. The maximum atomic E-state index is 11.3. The van der Waals surface area contributed by atoms with Crippen molar-refractivity contribution >= 4 is 15.8 Å². The molecule has 0 aromatic heterocycles. The molecule has 0 aromatic carbocycles. The average molecular weight is 266 g/mol. The molecule has 0 aromatic rings. The average Bonchev–Trinajstić information content (AvgIpc) is 2.23. The van der Waals surface area contributed by atoms with Crippen molar-refractivity contribution in [3.63, 3.8) is 0 Å². The molecule has 0 atom stereocenters. The lowest BCUT2D eigenvalue weighted by Crippen LogP contribution is -2.31. The summed E-state index contributed by atoms with van der Waals surface area (Å²) in [4.78, 5) is 11.2. The van der Waals surface area contributed by atoms with Gasteiger partial charge in [0.25, 0.3) is 0 Å². The lowest BCUT2D eigenvalue weighted by Gasteiger charge is -2.07. The van der Waals surface area contributed by atoms with E-state index in [-0.39, 0.29) is 30.9 Å². The summed E-state index contributed by atoms with van der Waals surface area (Å²) in [5.41, 5.74) is 5.12. The van der Waals surface area contributed by atoms with E-state index >= 15 is 0 Å². The third kappa shape index (κ3) is 10.2. The van der Waals surface area contributed by atoms with Crippen molar-refractivity contribution in [3.8, 4) is 0 Å². The molecule has 0 rings (SSSR count). The van der Waals surface area contributed by atoms with Crippen LogP contribution in [0.1, 0.15) is 26.7 Å². The molecule has 0 aliphatic heterocycles. The van der Waals surface area contributed by atoms with Crippen LogP contribution < -0.4 is 11.1 Å². The second-order valence-electron chi connectivity index (χ2n) is 4.20. The third-order valence-electron chi connectivity index (χ3n) is 2.05. The molecule has 0 radical (unpaired) electrons. The highest BCUT2D eigenvalue weighted by atomic mass is 32.2. The number of hydrogen-bond acceptors (Lipinski definition) is 6. The van der Waals surface area contributed by atoms with Gasteiger partial charge in [0, 0.05) is 13.1 Å². The highest BCUT2D eigenvalue weighted by molar-refractivity contribution is 7.91. The number of carbonyl (C=O) groups is 1. The first-order valence-corrected chi connectivity index (χ1v) is 7.46. The van der Waals surface area contributed by atoms with E-state index in [1.54, 1.807) is 0 Å². The van der Waals surface area contributed by atoms with Crippen LogP contribution in [-0.2, 0) is 19.4 Å². The van der Waals surface area contributed by atoms with Crippen molar-refractivity contribution in [2.45, 2.75) is 26.7 Å². The van der Waals surface area contributed by atoms with Gasteiger partial charge in [-0.05, 0) is 12.3 Å². The van der Waals surface area contributed by atoms with Crippen molar-refractivity contribution in [3.05, 3.63) is 0 Å². The Bertz CT molecular complexity index is 314. The van der Waals surface area contributed by atoms with Gasteiger partial charge in [0.2, 0.25) is 0 Å². The van der Waals surface area contributed by atoms with Gasteiger partial charge >= 0.3 is 5.97 Å². The summed E-state index contributed by atoms with van der Waals surface area (Å²) in [7, 11) is -3.24. The predicted octanol–water partition coefficient (Wildman–Crippen LogP) is -0.156. The predicted molar refractivity (Wildman–Crippen MR) is 65.9 cm³/mol. The molecule has 0 fully saturated rings. The highest BCUT2D eigenvalue weighted by Crippen LogP contribution is 2.04. The molecule has 17 heavy (non-hydrogen) atoms. The van der Waals surface area contributed by atoms with Gasteiger partial charge in [-0.1, -0.05) is 13.8 Å². The van der Waals surface area contributed by atoms with Gasteiger partial charge in [0.15, 0.2) is 9.84 Å². The number of hydrogen-bond donors (Lipinski definition) is 2. The Labute approximate surface area is 103 Å². The lowest BCUT2D eigenvalue weighted by molar-refractivity contribution is -0.143. The van der Waals surface area contributed by atoms with Crippen molar-refractivity contribution in [2.24, 2.45) is 11.7 Å². The van der Waals surface area contributed by atoms with Gasteiger partial charge in [-0.3, -0.25) is 10.1 Å². The number of carbonyl (C=O) groups excluding carboxylic acids is 1. The highest BCUT2D eigenvalue weighted by Gasteiger charge is 2.11. The van der Waals surface area contributed by atoms with Crippen molar-refractivity contribution in [1.29, 1.82) is 0 Å². The Morgan fingerprint density at radius 1 is 1.41 bits per heavy atom. The van der Waals surface area contributed by atoms with Crippen molar-refractivity contribution < 1.29 is 17.9 Å². The Balaban J connectivity index is 3.72. The molecule has 0 amide bonds. The summed E-state index contributed by atoms with van der Waals surface area (Å²) in [6.45, 7) is 4.03. The lowest BCUT2D eigenvalue weighted by atomic mass is 10.1. The topological polar surface area (TPSA) is 98.5 Å². The second-order valence-corrected chi connectivity index (χ2v) is 6.38. The molecular formula is C10H22N2O4S. The first-order chi connectivity index (χ1) is 7.87. The number of nitrogens with one attached hydrogen (secondary N) is 1. The summed E-state index contributed by atoms with van der Waals surface area (Å²) in [6, 6.07) is 0. The molecule has 0 spiro atoms. The number of ether oxygens (including phenoxy) is 1. The van der Waals surface area contributed by atoms with Gasteiger partial charge < -0.3 is 10.5 Å². The second kappa shape index (κ2) is 8.43. The zero-order chi connectivity index (χ0) is 13.3. The molecule has 3 N–H and O–H groups in total. The number of esters is 1. The molecule has 0 aliphatic carbocycles. The monoisotopic (exact) mass is 266 g/mol. The molecule has 7 heteroatoms. The zero-order valence-corrected chi connectivity index (χ0v) is 11.3. The van der Waals surface area contributed by atoms with E-state index in [1.807, 2.05) is 13.8 Å². The SMILES string of the molecule is CC(C)CCC(=O)OCCS(=O)(=O)CNCN. The zero-order valence-electron chi connectivity index (χ0n) is 10.4. The van der Waals surface area contributed by atoms with E-state index < -0.39 is 9.84 Å². The molecular weight excluding hydrogens is 244 g/mol. The Morgan fingerprint density at radius 3 is 2.59 bits per heavy atom. The van der Waals surface area contributed by atoms with Crippen LogP contribution in [0.3, 0.4) is 0 Å². The fourth-order valence-electron chi connectivity index (χ4n) is 1.05. The summed E-state index contributed by atoms with van der Waals surface area (Å²) >= 11 is 0. The van der Waals surface area contributed by atoms with Gasteiger partial charge in [0.05, 0.1) is 5.75 Å². The largest absolute Gasteiger partial charge is 0.465 e. The van der Waals surface area contributed by atoms with Crippen LogP contribution in [0, 0.1) is 5.92 Å². The fraction of sp³-hybridized carbons (Fsp3) is 0.900. The van der Waals surface area contributed by atoms with Crippen LogP contribution in [0.2, 0.25) is 0 Å². The Morgan fingerprint density at radius 2 is 2.06 bits per heavy atom. The van der Waals surface area contributed by atoms with E-state index in [1.165, 1.54) is 0 Å². The Kier molecular flexibility index (Phi) is 8.11. The molecule has 0 aliphatic rings. The molecule has 0 unspecified atom stereocenters. The molecule has 102 valence electrons. The van der Waals surface area contributed by atoms with Crippen LogP contribution in [0.5, 0.6) is 0 Å². The van der Waals surface area contributed by atoms with Crippen LogP contribution in [0.15, 0.2) is 0 Å². The summed E-state index contributed by atoms with van der Waals surface area (Å²) < 4.78 is 27.5. The van der Waals surface area contributed by atoms with Crippen LogP contribution in [-0.4, -0.2) is 39.3 Å². The van der Waals surface area contributed by atoms with Gasteiger partial charge in [-0.25, -0.2) is 8.42 Å². The third-order valence-corrected chi connectivity index (χ3v) is 3.48. The molecule has 0 saturated heterocycles. The minimum absolute atomic E-state index is 0.0918. The van der Waals surface area contributed by atoms with Crippen LogP contribution >= 0.6 is 0 Å². The van der Waals surface area contributed by atoms with Crippen molar-refractivity contribution in [2.75, 3.05) is 24.9 Å². The van der Waals surface area contributed by atoms with Crippen LogP contribution in [0.25, 0.3) is 0 Å². The summed E-state index contributed by atoms with van der Waals surface area (Å²) in [5.74, 6) is -0.277. The summed E-state index contributed by atoms with van der Waals surface area (Å²) in [6.07, 6.45) is 1.08. The van der Waals surface area contributed by atoms with E-state index in [9.17, 15) is 13.2 Å². The van der Waals surface area contributed by atoms with E-state index in [0.717, 1.165) is 6.42 Å². The fourth-order valence-corrected chi connectivity index (χ4v) is 1.96. The van der Waals surface area contributed by atoms with E-state index in [2.05, 4.69) is 5.32 Å². The minimum Gasteiger partial charge on any atom is -0.465 e. The standard InChI is InChI=1S/C10H22N2O4S/c1-9(2)3-4-10(13)16-5-6-17(14,15)8-12-7-11/h9,12H,3-8,11H2,1-2H3. The maximum Gasteiger partial charge on any atom is 0.305 e. The smallest absolute Gasteiger partial charge is 0.305 e. The normalized spacial score (nSPS) is 11.8. The van der Waals surface area contributed by atoms with Gasteiger partial charge in [-0.15, -0.1) is 0 Å². The van der Waals surface area contributed by atoms with E-state index in [4.69, 9.17) is 10.5 Å². The van der Waals surface area contributed by atoms with Gasteiger partial charge in [-0.2, -0.15) is 0 Å². The first-order valence-electron chi connectivity index (χ1n) is 5.64. The molecule has 0 saturated carbocycles. The van der Waals surface area contributed by atoms with Crippen molar-refractivity contribution in [1.82, 2.24) is 5.32 Å². The molecule has 0 bridgehead atoms. The number of nitrogens with two attached hydrogens (primary N) is 1. The number of rotatable bonds is 9. The number of sulfone groups is 1. The first kappa shape index (κ1) is 16.3. The summed E-state index contributed by atoms with van der Waals surface area (Å²) in [5, 5.41) is 2.52. The minimum atomic E-state index is -3.24. The maximum absolute atomic E-state index is 11.3. The quantitative estimate of drug-likeness (QED) is 0.444. The molecule has 0 heterocycles. The van der Waals surface area contributed by atoms with E-state index in [0.29, 0.717) is 12.3 Å².